The third-order valence-electron chi connectivity index (χ3n) is 5.71. The van der Waals surface area contributed by atoms with Crippen LogP contribution < -0.4 is 0 Å². The van der Waals surface area contributed by atoms with Crippen LogP contribution >= 0.6 is 0 Å². The molecule has 1 spiro atoms. The maximum atomic E-state index is 12.4. The van der Waals surface area contributed by atoms with E-state index in [0.29, 0.717) is 25.0 Å². The van der Waals surface area contributed by atoms with Gasteiger partial charge in [-0.05, 0) is 49.3 Å². The van der Waals surface area contributed by atoms with Crippen molar-refractivity contribution in [3.05, 3.63) is 30.1 Å². The van der Waals surface area contributed by atoms with E-state index in [-0.39, 0.29) is 11.7 Å². The Morgan fingerprint density at radius 1 is 1.29 bits per heavy atom. The van der Waals surface area contributed by atoms with Gasteiger partial charge in [0, 0.05) is 38.3 Å². The Morgan fingerprint density at radius 3 is 2.58 bits per heavy atom. The van der Waals surface area contributed by atoms with Crippen LogP contribution in [0.2, 0.25) is 0 Å². The van der Waals surface area contributed by atoms with Gasteiger partial charge < -0.3 is 19.5 Å². The molecule has 1 aliphatic carbocycles. The van der Waals surface area contributed by atoms with Crippen LogP contribution in [0.5, 0.6) is 0 Å². The second-order valence-corrected chi connectivity index (χ2v) is 8.36. The van der Waals surface area contributed by atoms with Crippen LogP contribution in [0.3, 0.4) is 0 Å². The highest BCUT2D eigenvalue weighted by atomic mass is 19.4. The Labute approximate surface area is 178 Å². The molecule has 31 heavy (non-hydrogen) atoms. The molecule has 1 aromatic rings. The summed E-state index contributed by atoms with van der Waals surface area (Å²) in [5.41, 5.74) is 0.955. The molecule has 3 aliphatic rings. The Morgan fingerprint density at radius 2 is 1.97 bits per heavy atom. The lowest BCUT2D eigenvalue weighted by molar-refractivity contribution is -0.192. The fourth-order valence-electron chi connectivity index (χ4n) is 3.90. The number of alkyl halides is 3. The van der Waals surface area contributed by atoms with Crippen LogP contribution in [0.15, 0.2) is 24.5 Å². The van der Waals surface area contributed by atoms with Gasteiger partial charge in [0.15, 0.2) is 0 Å². The van der Waals surface area contributed by atoms with E-state index in [1.165, 1.54) is 12.8 Å². The zero-order chi connectivity index (χ0) is 22.5. The Kier molecular flexibility index (Phi) is 7.53. The second kappa shape index (κ2) is 9.95. The molecule has 4 rings (SSSR count). The lowest BCUT2D eigenvalue weighted by Crippen LogP contribution is -2.50. The van der Waals surface area contributed by atoms with Crippen LogP contribution in [-0.2, 0) is 25.7 Å². The van der Waals surface area contributed by atoms with Crippen molar-refractivity contribution >= 4 is 11.9 Å². The number of pyridine rings is 1. The summed E-state index contributed by atoms with van der Waals surface area (Å²) in [7, 11) is 0. The predicted octanol–water partition coefficient (Wildman–Crippen LogP) is 3.18. The average Bonchev–Trinajstić information content (AvgIpc) is 3.47. The summed E-state index contributed by atoms with van der Waals surface area (Å²) in [6.07, 6.45) is 4.77. The fourth-order valence-corrected chi connectivity index (χ4v) is 3.90. The number of amides is 1. The highest BCUT2D eigenvalue weighted by Crippen LogP contribution is 2.38. The van der Waals surface area contributed by atoms with E-state index in [1.54, 1.807) is 12.4 Å². The molecule has 3 heterocycles. The SMILES string of the molecule is O=C(CC1CC1)N1CCC[C@]2(C[C@@H](OCc3ccncc3)CO2)C1.O=C(O)C(F)(F)F. The average molecular weight is 444 g/mol. The predicted molar refractivity (Wildman–Crippen MR) is 103 cm³/mol. The Bertz CT molecular complexity index is 757. The number of carbonyl (C=O) groups is 2. The zero-order valence-electron chi connectivity index (χ0n) is 17.1. The molecule has 0 bridgehead atoms. The second-order valence-electron chi connectivity index (χ2n) is 8.36. The number of carboxylic acid groups (broad SMARTS) is 1. The smallest absolute Gasteiger partial charge is 0.475 e. The topological polar surface area (TPSA) is 89.0 Å². The third-order valence-corrected chi connectivity index (χ3v) is 5.71. The van der Waals surface area contributed by atoms with E-state index < -0.39 is 12.1 Å². The summed E-state index contributed by atoms with van der Waals surface area (Å²) in [4.78, 5) is 27.4. The van der Waals surface area contributed by atoms with E-state index in [0.717, 1.165) is 44.3 Å². The molecule has 1 saturated carbocycles. The van der Waals surface area contributed by atoms with Crippen LogP contribution in [-0.4, -0.2) is 64.4 Å². The van der Waals surface area contributed by atoms with Crippen molar-refractivity contribution in [3.8, 4) is 0 Å². The summed E-state index contributed by atoms with van der Waals surface area (Å²) in [5, 5.41) is 7.12. The first kappa shape index (κ1) is 23.5. The molecule has 1 N–H and O–H groups in total. The normalized spacial score (nSPS) is 25.8. The maximum absolute atomic E-state index is 12.4. The number of likely N-dealkylation sites (tertiary alicyclic amines) is 1. The minimum atomic E-state index is -5.08. The van der Waals surface area contributed by atoms with Gasteiger partial charge in [0.1, 0.15) is 0 Å². The van der Waals surface area contributed by atoms with E-state index in [9.17, 15) is 18.0 Å². The Hall–Kier alpha value is -2.20. The molecule has 2 aliphatic heterocycles. The first-order valence-corrected chi connectivity index (χ1v) is 10.4. The molecule has 0 unspecified atom stereocenters. The van der Waals surface area contributed by atoms with E-state index in [4.69, 9.17) is 19.4 Å². The number of hydrogen-bond acceptors (Lipinski definition) is 5. The quantitative estimate of drug-likeness (QED) is 0.751. The largest absolute Gasteiger partial charge is 0.490 e. The number of halogens is 3. The minimum Gasteiger partial charge on any atom is -0.475 e. The maximum Gasteiger partial charge on any atom is 0.490 e. The van der Waals surface area contributed by atoms with Gasteiger partial charge in [-0.1, -0.05) is 0 Å². The molecule has 172 valence electrons. The number of carboxylic acids is 1. The van der Waals surface area contributed by atoms with Crippen LogP contribution in [0.1, 0.15) is 44.1 Å². The molecule has 10 heteroatoms. The lowest BCUT2D eigenvalue weighted by atomic mass is 9.89. The minimum absolute atomic E-state index is 0.122. The van der Waals surface area contributed by atoms with Gasteiger partial charge in [-0.3, -0.25) is 9.78 Å². The van der Waals surface area contributed by atoms with Crippen molar-refractivity contribution in [2.75, 3.05) is 19.7 Å². The Balaban J connectivity index is 0.000000339. The lowest BCUT2D eigenvalue weighted by Gasteiger charge is -2.39. The molecular weight excluding hydrogens is 417 g/mol. The molecular formula is C21H27F3N2O5. The summed E-state index contributed by atoms with van der Waals surface area (Å²) in [5.74, 6) is -1.79. The van der Waals surface area contributed by atoms with Gasteiger partial charge in [-0.25, -0.2) is 4.79 Å². The molecule has 0 aromatic carbocycles. The van der Waals surface area contributed by atoms with Crippen molar-refractivity contribution in [1.82, 2.24) is 9.88 Å². The van der Waals surface area contributed by atoms with Crippen molar-refractivity contribution in [2.24, 2.45) is 5.92 Å². The van der Waals surface area contributed by atoms with E-state index in [2.05, 4.69) is 4.98 Å². The molecule has 0 radical (unpaired) electrons. The number of nitrogens with zero attached hydrogens (tertiary/aromatic N) is 2. The van der Waals surface area contributed by atoms with Gasteiger partial charge in [0.25, 0.3) is 0 Å². The van der Waals surface area contributed by atoms with Crippen molar-refractivity contribution in [3.63, 3.8) is 0 Å². The van der Waals surface area contributed by atoms with Gasteiger partial charge >= 0.3 is 12.1 Å². The summed E-state index contributed by atoms with van der Waals surface area (Å²) >= 11 is 0. The molecule has 7 nitrogen and oxygen atoms in total. The molecule has 2 atom stereocenters. The summed E-state index contributed by atoms with van der Waals surface area (Å²) < 4.78 is 43.9. The van der Waals surface area contributed by atoms with Crippen molar-refractivity contribution in [1.29, 1.82) is 0 Å². The highest BCUT2D eigenvalue weighted by molar-refractivity contribution is 5.77. The van der Waals surface area contributed by atoms with E-state index in [1.807, 2.05) is 17.0 Å². The van der Waals surface area contributed by atoms with Crippen molar-refractivity contribution in [2.45, 2.75) is 63.0 Å². The van der Waals surface area contributed by atoms with Crippen LogP contribution in [0.4, 0.5) is 13.2 Å². The fraction of sp³-hybridized carbons (Fsp3) is 0.667. The monoisotopic (exact) mass is 444 g/mol. The zero-order valence-corrected chi connectivity index (χ0v) is 17.1. The number of aliphatic carboxylic acids is 1. The number of carbonyl (C=O) groups excluding carboxylic acids is 1. The molecule has 3 fully saturated rings. The van der Waals surface area contributed by atoms with E-state index >= 15 is 0 Å². The molecule has 1 aromatic heterocycles. The number of aromatic nitrogens is 1. The summed E-state index contributed by atoms with van der Waals surface area (Å²) in [6.45, 7) is 2.86. The third kappa shape index (κ3) is 7.17. The summed E-state index contributed by atoms with van der Waals surface area (Å²) in [6, 6.07) is 3.95. The first-order valence-electron chi connectivity index (χ1n) is 10.4. The number of rotatable bonds is 5. The number of ether oxygens (including phenoxy) is 2. The molecule has 1 amide bonds. The van der Waals surface area contributed by atoms with Gasteiger partial charge in [0.05, 0.1) is 24.9 Å². The van der Waals surface area contributed by atoms with Gasteiger partial charge in [-0.15, -0.1) is 0 Å². The molecule has 2 saturated heterocycles. The van der Waals surface area contributed by atoms with Crippen LogP contribution in [0.25, 0.3) is 0 Å². The standard InChI is InChI=1S/C19H26N2O3.C2HF3O2/c22-18(10-15-2-3-15)21-9-1-6-19(14-21)11-17(13-24-19)23-12-16-4-7-20-8-5-16;3-2(4,5)1(6)7/h4-5,7-8,15,17H,1-3,6,9-14H2;(H,6,7)/t17-,19+;/m1./s1. The first-order chi connectivity index (χ1) is 14.7. The number of hydrogen-bond donors (Lipinski definition) is 1. The van der Waals surface area contributed by atoms with Gasteiger partial charge in [-0.2, -0.15) is 13.2 Å². The highest BCUT2D eigenvalue weighted by Gasteiger charge is 2.45. The van der Waals surface area contributed by atoms with Gasteiger partial charge in [0.2, 0.25) is 5.91 Å². The number of piperidine rings is 1. The van der Waals surface area contributed by atoms with Crippen molar-refractivity contribution < 1.29 is 37.3 Å². The van der Waals surface area contributed by atoms with Crippen LogP contribution in [0, 0.1) is 5.92 Å².